The van der Waals surface area contributed by atoms with Crippen molar-refractivity contribution >= 4 is 28.1 Å². The maximum Gasteiger partial charge on any atom is 0.232 e. The Morgan fingerprint density at radius 2 is 1.62 bits per heavy atom. The molecule has 0 fully saturated rings. The zero-order valence-corrected chi connectivity index (χ0v) is 30.0. The van der Waals surface area contributed by atoms with Crippen LogP contribution in [0.25, 0.3) is 33.5 Å². The van der Waals surface area contributed by atoms with Gasteiger partial charge in [0.1, 0.15) is 11.2 Å². The fraction of sp³-hybridized carbons (Fsp3) is 0.487. The Hall–Kier alpha value is -4.04. The number of aromatic nitrogens is 5. The summed E-state index contributed by atoms with van der Waals surface area (Å²) < 4.78 is 1.94. The van der Waals surface area contributed by atoms with Gasteiger partial charge in [-0.3, -0.25) is 4.79 Å². The zero-order chi connectivity index (χ0) is 34.0. The van der Waals surface area contributed by atoms with Gasteiger partial charge in [0, 0.05) is 44.5 Å². The van der Waals surface area contributed by atoms with Crippen molar-refractivity contribution < 1.29 is 4.79 Å². The number of aryl methyl sites for hydroxylation is 3. The number of carbonyl (C=O) groups excluding carboxylic acids is 1. The summed E-state index contributed by atoms with van der Waals surface area (Å²) in [4.78, 5) is 33.9. The summed E-state index contributed by atoms with van der Waals surface area (Å²) in [5, 5.41) is 4.79. The van der Waals surface area contributed by atoms with Crippen LogP contribution in [0.2, 0.25) is 0 Å². The first-order chi connectivity index (χ1) is 22.2. The van der Waals surface area contributed by atoms with Crippen LogP contribution >= 0.6 is 0 Å². The van der Waals surface area contributed by atoms with Gasteiger partial charge in [-0.05, 0) is 105 Å². The molecule has 0 bridgehead atoms. The molecule has 2 N–H and O–H groups in total. The van der Waals surface area contributed by atoms with E-state index in [-0.39, 0.29) is 11.8 Å². The van der Waals surface area contributed by atoms with E-state index < -0.39 is 5.41 Å². The summed E-state index contributed by atoms with van der Waals surface area (Å²) in [6.45, 7) is 22.5. The molecular formula is C39H53N7O. The Morgan fingerprint density at radius 1 is 0.936 bits per heavy atom. The molecule has 0 spiro atoms. The maximum atomic E-state index is 14.1. The molecule has 0 radical (unpaired) electrons. The predicted octanol–water partition coefficient (Wildman–Crippen LogP) is 7.48. The second-order valence-corrected chi connectivity index (χ2v) is 14.9. The van der Waals surface area contributed by atoms with Crippen LogP contribution in [0.4, 0.5) is 0 Å². The van der Waals surface area contributed by atoms with E-state index in [0.29, 0.717) is 11.8 Å². The molecule has 250 valence electrons. The molecule has 4 aromatic heterocycles. The van der Waals surface area contributed by atoms with Crippen LogP contribution in [0.3, 0.4) is 0 Å². The number of pyridine rings is 2. The number of hydrogen-bond donors (Lipinski definition) is 2. The van der Waals surface area contributed by atoms with E-state index in [4.69, 9.17) is 4.98 Å². The minimum absolute atomic E-state index is 0.153. The number of rotatable bonds is 13. The molecule has 5 rings (SSSR count). The lowest BCUT2D eigenvalue weighted by atomic mass is 9.82. The number of nitrogens with zero attached hydrogens (tertiary/aromatic N) is 5. The van der Waals surface area contributed by atoms with Crippen molar-refractivity contribution in [3.63, 3.8) is 0 Å². The van der Waals surface area contributed by atoms with Crippen LogP contribution in [-0.2, 0) is 23.7 Å². The molecule has 0 aliphatic rings. The van der Waals surface area contributed by atoms with Gasteiger partial charge < -0.3 is 19.8 Å². The van der Waals surface area contributed by atoms with Crippen molar-refractivity contribution in [2.24, 2.45) is 18.9 Å². The second-order valence-electron chi connectivity index (χ2n) is 14.9. The van der Waals surface area contributed by atoms with Crippen molar-refractivity contribution in [1.29, 1.82) is 0 Å². The Bertz CT molecular complexity index is 1830. The number of aromatic amines is 1. The van der Waals surface area contributed by atoms with E-state index in [1.165, 1.54) is 22.3 Å². The molecule has 5 aromatic rings. The quantitative estimate of drug-likeness (QED) is 0.131. The largest absolute Gasteiger partial charge is 0.341 e. The summed E-state index contributed by atoms with van der Waals surface area (Å²) in [5.41, 5.74) is 10.0. The normalized spacial score (nSPS) is 12.9. The molecule has 1 amide bonds. The van der Waals surface area contributed by atoms with Gasteiger partial charge in [-0.2, -0.15) is 0 Å². The zero-order valence-electron chi connectivity index (χ0n) is 30.0. The highest BCUT2D eigenvalue weighted by atomic mass is 16.2. The van der Waals surface area contributed by atoms with E-state index in [2.05, 4.69) is 99.1 Å². The molecular weight excluding hydrogens is 582 g/mol. The molecule has 47 heavy (non-hydrogen) atoms. The van der Waals surface area contributed by atoms with Crippen molar-refractivity contribution in [1.82, 2.24) is 34.7 Å². The number of hydrogen-bond acceptors (Lipinski definition) is 5. The molecule has 0 aliphatic carbocycles. The average Bonchev–Trinajstić information content (AvgIpc) is 3.57. The summed E-state index contributed by atoms with van der Waals surface area (Å²) >= 11 is 0. The Balaban J connectivity index is 1.46. The van der Waals surface area contributed by atoms with E-state index in [0.717, 1.165) is 71.6 Å². The number of amides is 1. The SMILES string of the molecule is Cc1cc(C)cc(-c2[nH]c3ncc(C(C)(C)C(=O)N(CC(C)C)CC(C)C)cc3c2C(C)CNCCc2cnc3c(c2)ncn3C)c1. The standard InChI is InChI=1S/C39H53N7O/c1-24(2)21-46(22-25(3)4)38(47)39(8,9)31-17-32-34(35(44-36(32)41-20-31)30-14-26(5)13-27(6)15-30)28(7)18-40-12-11-29-16-33-37(42-19-29)45(10)23-43-33/h13-17,19-20,23-25,28,40H,11-12,18,21-22H2,1-10H3,(H,41,44). The molecule has 1 aromatic carbocycles. The summed E-state index contributed by atoms with van der Waals surface area (Å²) in [5.74, 6) is 1.13. The topological polar surface area (TPSA) is 91.7 Å². The van der Waals surface area contributed by atoms with Crippen LogP contribution in [0.5, 0.6) is 0 Å². The van der Waals surface area contributed by atoms with Gasteiger partial charge in [0.25, 0.3) is 0 Å². The molecule has 1 unspecified atom stereocenters. The monoisotopic (exact) mass is 635 g/mol. The first-order valence-corrected chi connectivity index (χ1v) is 17.1. The smallest absolute Gasteiger partial charge is 0.232 e. The minimum Gasteiger partial charge on any atom is -0.341 e. The van der Waals surface area contributed by atoms with Crippen molar-refractivity contribution in [2.75, 3.05) is 26.2 Å². The third-order valence-electron chi connectivity index (χ3n) is 9.06. The summed E-state index contributed by atoms with van der Waals surface area (Å²) in [7, 11) is 1.97. The molecule has 0 saturated heterocycles. The van der Waals surface area contributed by atoms with Crippen molar-refractivity contribution in [2.45, 2.75) is 80.1 Å². The van der Waals surface area contributed by atoms with Crippen LogP contribution in [-0.4, -0.2) is 61.5 Å². The fourth-order valence-electron chi connectivity index (χ4n) is 6.78. The first-order valence-electron chi connectivity index (χ1n) is 17.1. The van der Waals surface area contributed by atoms with Gasteiger partial charge in [-0.25, -0.2) is 15.0 Å². The third-order valence-corrected chi connectivity index (χ3v) is 9.06. The highest BCUT2D eigenvalue weighted by molar-refractivity contribution is 5.92. The van der Waals surface area contributed by atoms with Crippen molar-refractivity contribution in [3.8, 4) is 11.3 Å². The number of nitrogens with one attached hydrogen (secondary N) is 2. The highest BCUT2D eigenvalue weighted by Crippen LogP contribution is 2.38. The number of fused-ring (bicyclic) bond motifs is 2. The van der Waals surface area contributed by atoms with Crippen molar-refractivity contribution in [3.05, 3.63) is 76.9 Å². The van der Waals surface area contributed by atoms with Crippen LogP contribution in [0.1, 0.15) is 82.2 Å². The predicted molar refractivity (Wildman–Crippen MR) is 194 cm³/mol. The third kappa shape index (κ3) is 7.59. The number of benzene rings is 1. The number of carbonyl (C=O) groups is 1. The van der Waals surface area contributed by atoms with Gasteiger partial charge >= 0.3 is 0 Å². The molecule has 0 saturated carbocycles. The Labute approximate surface area is 280 Å². The molecule has 8 nitrogen and oxygen atoms in total. The van der Waals surface area contributed by atoms with Gasteiger partial charge in [0.15, 0.2) is 5.65 Å². The Kier molecular flexibility index (Phi) is 10.2. The van der Waals surface area contributed by atoms with Crippen LogP contribution < -0.4 is 5.32 Å². The van der Waals surface area contributed by atoms with Crippen LogP contribution in [0, 0.1) is 25.7 Å². The summed E-state index contributed by atoms with van der Waals surface area (Å²) in [6, 6.07) is 11.0. The van der Waals surface area contributed by atoms with Crippen LogP contribution in [0.15, 0.2) is 49.1 Å². The van der Waals surface area contributed by atoms with E-state index in [9.17, 15) is 4.79 Å². The summed E-state index contributed by atoms with van der Waals surface area (Å²) in [6.07, 6.45) is 6.52. The first kappa shape index (κ1) is 34.3. The van der Waals surface area contributed by atoms with E-state index in [1.54, 1.807) is 6.33 Å². The average molecular weight is 636 g/mol. The maximum absolute atomic E-state index is 14.1. The lowest BCUT2D eigenvalue weighted by Crippen LogP contribution is -2.46. The number of imidazole rings is 1. The van der Waals surface area contributed by atoms with Gasteiger partial charge in [-0.1, -0.05) is 51.8 Å². The van der Waals surface area contributed by atoms with Gasteiger partial charge in [-0.15, -0.1) is 0 Å². The second kappa shape index (κ2) is 14.0. The number of H-pyrrole nitrogens is 1. The van der Waals surface area contributed by atoms with Gasteiger partial charge in [0.05, 0.1) is 17.4 Å². The molecule has 1 atom stereocenters. The van der Waals surface area contributed by atoms with Gasteiger partial charge in [0.2, 0.25) is 5.91 Å². The van der Waals surface area contributed by atoms with E-state index in [1.807, 2.05) is 42.8 Å². The minimum atomic E-state index is -0.718. The highest BCUT2D eigenvalue weighted by Gasteiger charge is 2.35. The molecule has 4 heterocycles. The molecule has 0 aliphatic heterocycles. The lowest BCUT2D eigenvalue weighted by Gasteiger charge is -2.34. The fourth-order valence-corrected chi connectivity index (χ4v) is 6.78. The lowest BCUT2D eigenvalue weighted by molar-refractivity contribution is -0.137. The molecule has 8 heteroatoms. The van der Waals surface area contributed by atoms with E-state index >= 15 is 0 Å². The Morgan fingerprint density at radius 3 is 2.28 bits per heavy atom.